The van der Waals surface area contributed by atoms with Gasteiger partial charge in [0, 0.05) is 35.8 Å². The second-order valence-electron chi connectivity index (χ2n) is 8.25. The minimum Gasteiger partial charge on any atom is -0.744 e. The molecular formula is C43H40N2Na2O7S2. The Kier molecular flexibility index (Phi) is 48.2. The summed E-state index contributed by atoms with van der Waals surface area (Å²) in [6.07, 6.45) is 6.24. The van der Waals surface area contributed by atoms with E-state index in [9.17, 15) is 22.6 Å². The maximum Gasteiger partial charge on any atom is 1.00 e. The SMILES string of the molecule is C.C#CC#CC#CC#CC#CC#CC#CC#CC#CC#CC.Cc1cccc(S(=O)(=O)[O-])c1.Nc1ccc(O)cc1.O=Cc1ccccc1C=O.S.[HH].[HH].[HH].[HH].[HH].[N-]=O.[Na+].[Na+]. The van der Waals surface area contributed by atoms with Crippen LogP contribution >= 0.6 is 13.5 Å². The summed E-state index contributed by atoms with van der Waals surface area (Å²) in [6, 6.07) is 19.0. The monoisotopic (exact) mass is 806 g/mol. The number of hydrogen-bond acceptors (Lipinski definition) is 8. The molecule has 0 saturated heterocycles. The van der Waals surface area contributed by atoms with Gasteiger partial charge in [-0.1, -0.05) is 49.7 Å². The van der Waals surface area contributed by atoms with Crippen molar-refractivity contribution in [3.8, 4) is 125 Å². The van der Waals surface area contributed by atoms with Crippen molar-refractivity contribution in [2.24, 2.45) is 0 Å². The number of aldehydes is 2. The van der Waals surface area contributed by atoms with Gasteiger partial charge >= 0.3 is 59.1 Å². The topological polar surface area (TPSA) is 177 Å². The number of carbonyl (C=O) groups excluding carboxylic acids is 2. The van der Waals surface area contributed by atoms with Crippen LogP contribution in [-0.2, 0) is 10.1 Å². The maximum absolute atomic E-state index is 10.4. The van der Waals surface area contributed by atoms with Gasteiger partial charge in [0.25, 0.3) is 0 Å². The molecule has 278 valence electrons. The number of aromatic hydroxyl groups is 1. The van der Waals surface area contributed by atoms with E-state index >= 15 is 0 Å². The van der Waals surface area contributed by atoms with E-state index in [0.29, 0.717) is 29.4 Å². The van der Waals surface area contributed by atoms with E-state index in [-0.39, 0.29) is 97.8 Å². The molecule has 0 aromatic heterocycles. The van der Waals surface area contributed by atoms with Crippen LogP contribution in [0.4, 0.5) is 5.69 Å². The summed E-state index contributed by atoms with van der Waals surface area (Å²) >= 11 is 0. The molecule has 0 heterocycles. The summed E-state index contributed by atoms with van der Waals surface area (Å²) in [6.45, 7) is 3.43. The largest absolute Gasteiger partial charge is 1.00 e. The number of benzene rings is 3. The van der Waals surface area contributed by atoms with Crippen molar-refractivity contribution in [3.05, 3.63) is 100.0 Å². The van der Waals surface area contributed by atoms with E-state index in [1.54, 1.807) is 74.5 Å². The van der Waals surface area contributed by atoms with Crippen LogP contribution in [0.1, 0.15) is 47.8 Å². The molecule has 0 unspecified atom stereocenters. The molecule has 3 aromatic rings. The molecule has 3 aromatic carbocycles. The summed E-state index contributed by atoms with van der Waals surface area (Å²) in [5.74, 6) is 47.2. The van der Waals surface area contributed by atoms with Crippen molar-refractivity contribution in [1.82, 2.24) is 0 Å². The molecule has 0 saturated carbocycles. The van der Waals surface area contributed by atoms with Gasteiger partial charge in [-0.15, -0.1) is 6.42 Å². The number of aryl methyl sites for hydroxylation is 1. The van der Waals surface area contributed by atoms with Crippen LogP contribution in [-0.4, -0.2) is 30.6 Å². The number of nitrogen functional groups attached to an aromatic ring is 1. The second kappa shape index (κ2) is 43.5. The van der Waals surface area contributed by atoms with E-state index in [4.69, 9.17) is 27.8 Å². The number of terminal acetylenes is 1. The van der Waals surface area contributed by atoms with E-state index in [2.05, 4.69) is 112 Å². The molecule has 0 aliphatic rings. The fourth-order valence-corrected chi connectivity index (χ4v) is 3.11. The van der Waals surface area contributed by atoms with Crippen LogP contribution in [0.25, 0.3) is 5.59 Å². The van der Waals surface area contributed by atoms with Gasteiger partial charge in [0.2, 0.25) is 0 Å². The van der Waals surface area contributed by atoms with E-state index < -0.39 is 10.1 Å². The molecule has 0 radical (unpaired) electrons. The minimum absolute atomic E-state index is 0. The third kappa shape index (κ3) is 37.8. The first-order valence-electron chi connectivity index (χ1n) is 13.7. The molecule has 0 spiro atoms. The van der Waals surface area contributed by atoms with Gasteiger partial charge in [-0.25, -0.2) is 8.42 Å². The predicted molar refractivity (Wildman–Crippen MR) is 228 cm³/mol. The number of nitrogens with two attached hydrogens (primary N) is 1. The molecule has 0 fully saturated rings. The molecule has 13 heteroatoms. The van der Waals surface area contributed by atoms with Gasteiger partial charge < -0.3 is 25.9 Å². The quantitative estimate of drug-likeness (QED) is 0.0941. The van der Waals surface area contributed by atoms with Crippen LogP contribution in [0.5, 0.6) is 5.75 Å². The van der Waals surface area contributed by atoms with Gasteiger partial charge in [-0.2, -0.15) is 13.5 Å². The fraction of sp³-hybridized carbons (Fsp3) is 0.0698. The number of anilines is 1. The van der Waals surface area contributed by atoms with E-state index in [0.717, 1.165) is 5.56 Å². The first-order valence-corrected chi connectivity index (χ1v) is 15.1. The molecule has 0 amide bonds. The van der Waals surface area contributed by atoms with Gasteiger partial charge in [0.1, 0.15) is 15.9 Å². The van der Waals surface area contributed by atoms with Crippen molar-refractivity contribution in [2.75, 3.05) is 5.73 Å². The van der Waals surface area contributed by atoms with E-state index in [1.165, 1.54) is 12.1 Å². The fourth-order valence-electron chi connectivity index (χ4n) is 2.54. The van der Waals surface area contributed by atoms with Gasteiger partial charge in [-0.05, 0) is 151 Å². The third-order valence-corrected chi connectivity index (χ3v) is 5.45. The standard InChI is InChI=1S/C21H4.C8H6O2.C7H8O3S.C6H7NO.CH4.NO.2Na.H2S.5H2/c1-3-5-7-9-11-13-15-17-19-21-20-18-16-14-12-10-8-6-4-2;9-5-7-3-1-2-4-8(7)6-10;1-6-3-2-4-7(5-6)11(8,9)10;7-5-1-3-6(8)4-2-5;;1-2;;;;;;;;/h1H,2H3;1-6H;2-5H,1H3,(H,8,9,10);1-4,8H,7H2;1H4;;;;1H2;5*1H/q;;;;;-1;2*+1;;;;;;/p-1. The average molecular weight is 807 g/mol. The number of phenols is 1. The smallest absolute Gasteiger partial charge is 0.744 e. The molecule has 3 rings (SSSR count). The number of carbonyl (C=O) groups is 2. The Balaban J connectivity index is -0.0000000602. The molecule has 0 aliphatic carbocycles. The average Bonchev–Trinajstić information content (AvgIpc) is 3.15. The van der Waals surface area contributed by atoms with Crippen LogP contribution in [0, 0.1) is 131 Å². The third-order valence-electron chi connectivity index (χ3n) is 4.62. The summed E-state index contributed by atoms with van der Waals surface area (Å²) in [5, 5.41) is 8.70. The van der Waals surface area contributed by atoms with Crippen LogP contribution < -0.4 is 64.8 Å². The number of phenolic OH excluding ortho intramolecular Hbond substituents is 1. The molecular weight excluding hydrogens is 767 g/mol. The van der Waals surface area contributed by atoms with Crippen molar-refractivity contribution in [1.29, 1.82) is 0 Å². The molecule has 0 bridgehead atoms. The Morgan fingerprint density at radius 2 is 1.04 bits per heavy atom. The zero-order valence-electron chi connectivity index (χ0n) is 30.0. The summed E-state index contributed by atoms with van der Waals surface area (Å²) in [5.41, 5.74) is 13.4. The maximum atomic E-state index is 10.4. The van der Waals surface area contributed by atoms with Crippen molar-refractivity contribution < 1.29 is 93.9 Å². The van der Waals surface area contributed by atoms with Crippen LogP contribution in [0.15, 0.2) is 77.7 Å². The Morgan fingerprint density at radius 1 is 0.679 bits per heavy atom. The molecule has 0 aliphatic heterocycles. The number of hydrogen-bond donors (Lipinski definition) is 2. The Bertz CT molecular complexity index is 2400. The minimum atomic E-state index is -4.28. The summed E-state index contributed by atoms with van der Waals surface area (Å²) in [4.78, 5) is 27.5. The normalized spacial score (nSPS) is 6.61. The van der Waals surface area contributed by atoms with Crippen LogP contribution in [0.2, 0.25) is 0 Å². The summed E-state index contributed by atoms with van der Waals surface area (Å²) in [7, 11) is -4.28. The van der Waals surface area contributed by atoms with Crippen molar-refractivity contribution >= 4 is 41.9 Å². The Labute approximate surface area is 389 Å². The number of nitrogens with zero attached hydrogens (tertiary/aromatic N) is 1. The molecule has 9 nitrogen and oxygen atoms in total. The predicted octanol–water partition coefficient (Wildman–Crippen LogP) is 0.164. The van der Waals surface area contributed by atoms with E-state index in [1.807, 2.05) is 0 Å². The first kappa shape index (κ1) is 62.1. The van der Waals surface area contributed by atoms with Gasteiger partial charge in [-0.3, -0.25) is 9.59 Å². The molecule has 56 heavy (non-hydrogen) atoms. The number of nitroso groups, excluding NO2 is 1. The number of rotatable bonds is 3. The van der Waals surface area contributed by atoms with Gasteiger partial charge in [0.15, 0.2) is 12.6 Å². The molecule has 3 N–H and O–H groups in total. The summed E-state index contributed by atoms with van der Waals surface area (Å²) < 4.78 is 31.3. The van der Waals surface area contributed by atoms with Crippen molar-refractivity contribution in [3.63, 3.8) is 0 Å². The zero-order chi connectivity index (χ0) is 39.3. The second-order valence-corrected chi connectivity index (χ2v) is 9.63. The Morgan fingerprint density at radius 3 is 1.30 bits per heavy atom. The Hall–Kier alpha value is -5.94. The molecule has 0 atom stereocenters. The first-order chi connectivity index (χ1) is 25.1. The van der Waals surface area contributed by atoms with Crippen molar-refractivity contribution in [2.45, 2.75) is 26.2 Å². The van der Waals surface area contributed by atoms with Crippen LogP contribution in [0.3, 0.4) is 0 Å². The van der Waals surface area contributed by atoms with Gasteiger partial charge in [0.05, 0.1) is 4.90 Å². The zero-order valence-corrected chi connectivity index (χ0v) is 35.8.